The molecule has 0 amide bonds. The summed E-state index contributed by atoms with van der Waals surface area (Å²) in [6.45, 7) is 1.81. The number of nitrogens with two attached hydrogens (primary N) is 1. The fraction of sp³-hybridized carbons (Fsp3) is 0.0769. The van der Waals surface area contributed by atoms with Gasteiger partial charge in [0.15, 0.2) is 0 Å². The topological polar surface area (TPSA) is 92.4 Å². The average molecular weight is 278 g/mol. The summed E-state index contributed by atoms with van der Waals surface area (Å²) in [4.78, 5) is 0.00560. The fourth-order valence-corrected chi connectivity index (χ4v) is 2.76. The molecule has 0 aliphatic carbocycles. The molecule has 0 fully saturated rings. The second kappa shape index (κ2) is 4.81. The van der Waals surface area contributed by atoms with Crippen molar-refractivity contribution < 1.29 is 13.5 Å². The maximum atomic E-state index is 12.2. The van der Waals surface area contributed by atoms with Gasteiger partial charge in [-0.3, -0.25) is 4.72 Å². The summed E-state index contributed by atoms with van der Waals surface area (Å²) in [5, 5.41) is 9.30. The van der Waals surface area contributed by atoms with Gasteiger partial charge >= 0.3 is 0 Å². The number of hydrogen-bond donors (Lipinski definition) is 3. The largest absolute Gasteiger partial charge is 0.506 e. The molecule has 0 saturated carbocycles. The molecule has 0 aliphatic rings. The number of hydrogen-bond acceptors (Lipinski definition) is 4. The van der Waals surface area contributed by atoms with E-state index in [1.807, 2.05) is 19.1 Å². The third-order valence-electron chi connectivity index (χ3n) is 2.70. The molecule has 0 saturated heterocycles. The minimum atomic E-state index is -3.72. The first-order valence-electron chi connectivity index (χ1n) is 5.57. The Hall–Kier alpha value is -2.21. The predicted molar refractivity (Wildman–Crippen MR) is 74.5 cm³/mol. The van der Waals surface area contributed by atoms with Crippen molar-refractivity contribution in [2.45, 2.75) is 11.8 Å². The lowest BCUT2D eigenvalue weighted by Gasteiger charge is -2.11. The first-order valence-corrected chi connectivity index (χ1v) is 7.05. The lowest BCUT2D eigenvalue weighted by Crippen LogP contribution is -2.13. The van der Waals surface area contributed by atoms with Crippen LogP contribution in [0.25, 0.3) is 0 Å². The van der Waals surface area contributed by atoms with Crippen molar-refractivity contribution in [2.75, 3.05) is 10.5 Å². The lowest BCUT2D eigenvalue weighted by molar-refractivity contribution is 0.477. The van der Waals surface area contributed by atoms with Crippen LogP contribution < -0.4 is 10.5 Å². The molecule has 0 aromatic heterocycles. The summed E-state index contributed by atoms with van der Waals surface area (Å²) in [7, 11) is -3.72. The van der Waals surface area contributed by atoms with E-state index >= 15 is 0 Å². The number of phenols is 1. The second-order valence-corrected chi connectivity index (χ2v) is 5.82. The molecule has 19 heavy (non-hydrogen) atoms. The number of aromatic hydroxyl groups is 1. The van der Waals surface area contributed by atoms with Crippen LogP contribution in [0.4, 0.5) is 11.4 Å². The highest BCUT2D eigenvalue weighted by atomic mass is 32.2. The highest BCUT2D eigenvalue weighted by Gasteiger charge is 2.16. The quantitative estimate of drug-likeness (QED) is 0.592. The van der Waals surface area contributed by atoms with Gasteiger partial charge in [-0.1, -0.05) is 18.2 Å². The highest BCUT2D eigenvalue weighted by molar-refractivity contribution is 7.92. The lowest BCUT2D eigenvalue weighted by atomic mass is 10.2. The number of anilines is 2. The number of aryl methyl sites for hydroxylation is 1. The summed E-state index contributed by atoms with van der Waals surface area (Å²) in [5.41, 5.74) is 6.85. The molecular weight excluding hydrogens is 264 g/mol. The first kappa shape index (κ1) is 13.2. The van der Waals surface area contributed by atoms with Crippen LogP contribution in [0.15, 0.2) is 47.4 Å². The maximum absolute atomic E-state index is 12.2. The van der Waals surface area contributed by atoms with Crippen LogP contribution >= 0.6 is 0 Å². The van der Waals surface area contributed by atoms with Gasteiger partial charge in [0.2, 0.25) is 0 Å². The van der Waals surface area contributed by atoms with Crippen LogP contribution in [-0.4, -0.2) is 13.5 Å². The number of rotatable bonds is 3. The van der Waals surface area contributed by atoms with Crippen LogP contribution in [0, 0.1) is 6.92 Å². The van der Waals surface area contributed by atoms with E-state index in [1.54, 1.807) is 12.1 Å². The van der Waals surface area contributed by atoms with Gasteiger partial charge in [0.05, 0.1) is 16.3 Å². The van der Waals surface area contributed by atoms with E-state index in [9.17, 15) is 13.5 Å². The van der Waals surface area contributed by atoms with Gasteiger partial charge in [0, 0.05) is 0 Å². The molecule has 4 N–H and O–H groups in total. The van der Waals surface area contributed by atoms with Crippen LogP contribution in [0.5, 0.6) is 5.75 Å². The molecule has 2 aromatic rings. The maximum Gasteiger partial charge on any atom is 0.261 e. The SMILES string of the molecule is Cc1ccccc1NS(=O)(=O)c1ccc(O)c(N)c1. The Balaban J connectivity index is 2.38. The summed E-state index contributed by atoms with van der Waals surface area (Å²) in [5.74, 6) is -0.144. The minimum absolute atomic E-state index is 0.00560. The third-order valence-corrected chi connectivity index (χ3v) is 4.06. The number of nitrogen functional groups attached to an aromatic ring is 1. The molecular formula is C13H14N2O3S. The predicted octanol–water partition coefficient (Wildman–Crippen LogP) is 2.08. The van der Waals surface area contributed by atoms with E-state index in [2.05, 4.69) is 4.72 Å². The molecule has 0 spiro atoms. The second-order valence-electron chi connectivity index (χ2n) is 4.14. The van der Waals surface area contributed by atoms with Gasteiger partial charge in [0.1, 0.15) is 5.75 Å². The van der Waals surface area contributed by atoms with E-state index in [0.717, 1.165) is 5.56 Å². The molecule has 2 aromatic carbocycles. The Morgan fingerprint density at radius 2 is 1.84 bits per heavy atom. The van der Waals surface area contributed by atoms with Crippen LogP contribution in [0.1, 0.15) is 5.56 Å². The van der Waals surface area contributed by atoms with Crippen molar-refractivity contribution in [1.29, 1.82) is 0 Å². The number of sulfonamides is 1. The Bertz CT molecular complexity index is 712. The van der Waals surface area contributed by atoms with Gasteiger partial charge in [-0.2, -0.15) is 0 Å². The number of nitrogens with one attached hydrogen (secondary N) is 1. The van der Waals surface area contributed by atoms with Crippen molar-refractivity contribution in [3.8, 4) is 5.75 Å². The van der Waals surface area contributed by atoms with Gasteiger partial charge in [-0.25, -0.2) is 8.42 Å². The van der Waals surface area contributed by atoms with E-state index in [0.29, 0.717) is 5.69 Å². The zero-order valence-corrected chi connectivity index (χ0v) is 11.1. The normalized spacial score (nSPS) is 11.2. The van der Waals surface area contributed by atoms with Crippen LogP contribution in [0.2, 0.25) is 0 Å². The number of para-hydroxylation sites is 1. The van der Waals surface area contributed by atoms with E-state index in [4.69, 9.17) is 5.73 Å². The molecule has 0 atom stereocenters. The first-order chi connectivity index (χ1) is 8.90. The van der Waals surface area contributed by atoms with Crippen molar-refractivity contribution >= 4 is 21.4 Å². The van der Waals surface area contributed by atoms with Gasteiger partial charge < -0.3 is 10.8 Å². The fourth-order valence-electron chi connectivity index (χ4n) is 1.59. The van der Waals surface area contributed by atoms with Crippen molar-refractivity contribution in [3.63, 3.8) is 0 Å². The smallest absolute Gasteiger partial charge is 0.261 e. The Kier molecular flexibility index (Phi) is 3.35. The van der Waals surface area contributed by atoms with E-state index in [1.165, 1.54) is 18.2 Å². The van der Waals surface area contributed by atoms with Crippen LogP contribution in [-0.2, 0) is 10.0 Å². The molecule has 100 valence electrons. The van der Waals surface area contributed by atoms with Crippen molar-refractivity contribution in [2.24, 2.45) is 0 Å². The van der Waals surface area contributed by atoms with E-state index < -0.39 is 10.0 Å². The average Bonchev–Trinajstić information content (AvgIpc) is 2.35. The molecule has 6 heteroatoms. The highest BCUT2D eigenvalue weighted by Crippen LogP contribution is 2.25. The van der Waals surface area contributed by atoms with Crippen LogP contribution in [0.3, 0.4) is 0 Å². The van der Waals surface area contributed by atoms with Crippen molar-refractivity contribution in [3.05, 3.63) is 48.0 Å². The molecule has 0 aliphatic heterocycles. The molecule has 0 unspecified atom stereocenters. The Morgan fingerprint density at radius 3 is 2.47 bits per heavy atom. The third kappa shape index (κ3) is 2.79. The van der Waals surface area contributed by atoms with Crippen molar-refractivity contribution in [1.82, 2.24) is 0 Å². The molecule has 5 nitrogen and oxygen atoms in total. The van der Waals surface area contributed by atoms with E-state index in [-0.39, 0.29) is 16.3 Å². The summed E-state index contributed by atoms with van der Waals surface area (Å²) >= 11 is 0. The molecule has 0 bridgehead atoms. The monoisotopic (exact) mass is 278 g/mol. The zero-order chi connectivity index (χ0) is 14.0. The van der Waals surface area contributed by atoms with Gasteiger partial charge in [0.25, 0.3) is 10.0 Å². The zero-order valence-electron chi connectivity index (χ0n) is 10.3. The van der Waals surface area contributed by atoms with Gasteiger partial charge in [-0.05, 0) is 36.8 Å². The summed E-state index contributed by atoms with van der Waals surface area (Å²) in [6.07, 6.45) is 0. The van der Waals surface area contributed by atoms with Gasteiger partial charge in [-0.15, -0.1) is 0 Å². The summed E-state index contributed by atoms with van der Waals surface area (Å²) < 4.78 is 26.8. The Labute approximate surface area is 111 Å². The Morgan fingerprint density at radius 1 is 1.16 bits per heavy atom. The molecule has 0 radical (unpaired) electrons. The molecule has 2 rings (SSSR count). The number of phenolic OH excluding ortho intramolecular Hbond substituents is 1. The standard InChI is InChI=1S/C13H14N2O3S/c1-9-4-2-3-5-12(9)15-19(17,18)10-6-7-13(16)11(14)8-10/h2-8,15-16H,14H2,1H3. The molecule has 0 heterocycles. The minimum Gasteiger partial charge on any atom is -0.506 e. The summed E-state index contributed by atoms with van der Waals surface area (Å²) in [6, 6.07) is 10.8. The number of benzene rings is 2.